The number of amides is 2. The molecule has 1 atom stereocenters. The smallest absolute Gasteiger partial charge is 0.250 e. The van der Waals surface area contributed by atoms with E-state index in [4.69, 9.17) is 16.3 Å². The van der Waals surface area contributed by atoms with E-state index in [1.807, 2.05) is 59.5 Å². The maximum atomic E-state index is 13.6. The Morgan fingerprint density at radius 3 is 2.38 bits per heavy atom. The van der Waals surface area contributed by atoms with E-state index >= 15 is 0 Å². The van der Waals surface area contributed by atoms with Gasteiger partial charge >= 0.3 is 0 Å². The van der Waals surface area contributed by atoms with Gasteiger partial charge in [-0.05, 0) is 30.5 Å². The third kappa shape index (κ3) is 5.43. The molecule has 7 heteroatoms. The van der Waals surface area contributed by atoms with E-state index in [0.29, 0.717) is 43.4 Å². The van der Waals surface area contributed by atoms with Crippen molar-refractivity contribution in [3.05, 3.63) is 65.2 Å². The van der Waals surface area contributed by atoms with Gasteiger partial charge in [0.2, 0.25) is 11.8 Å². The Hall–Kier alpha value is -2.57. The molecule has 2 heterocycles. The molecule has 0 bridgehead atoms. The van der Waals surface area contributed by atoms with E-state index in [1.165, 1.54) is 0 Å². The van der Waals surface area contributed by atoms with Crippen LogP contribution in [0.4, 0.5) is 0 Å². The molecule has 6 nitrogen and oxygen atoms in total. The number of hydrogen-bond acceptors (Lipinski definition) is 4. The van der Waals surface area contributed by atoms with E-state index in [1.54, 1.807) is 4.90 Å². The fraction of sp³-hybridized carbons (Fsp3) is 0.440. The monoisotopic (exact) mass is 455 g/mol. The van der Waals surface area contributed by atoms with Gasteiger partial charge in [0, 0.05) is 45.7 Å². The Balaban J connectivity index is 1.34. The van der Waals surface area contributed by atoms with Crippen LogP contribution in [0, 0.1) is 0 Å². The quantitative estimate of drug-likeness (QED) is 0.640. The molecule has 0 aliphatic carbocycles. The van der Waals surface area contributed by atoms with Gasteiger partial charge in [0.25, 0.3) is 0 Å². The lowest BCUT2D eigenvalue weighted by Gasteiger charge is -2.40. The zero-order valence-corrected chi connectivity index (χ0v) is 19.0. The second-order valence-corrected chi connectivity index (χ2v) is 8.71. The lowest BCUT2D eigenvalue weighted by molar-refractivity contribution is -0.148. The van der Waals surface area contributed by atoms with Gasteiger partial charge in [-0.3, -0.25) is 14.5 Å². The van der Waals surface area contributed by atoms with E-state index in [9.17, 15) is 9.59 Å². The molecule has 0 N–H and O–H groups in total. The number of piperazine rings is 1. The normalized spacial score (nSPS) is 18.5. The molecule has 32 heavy (non-hydrogen) atoms. The van der Waals surface area contributed by atoms with Crippen molar-refractivity contribution in [1.29, 1.82) is 0 Å². The van der Waals surface area contributed by atoms with Crippen LogP contribution in [0.25, 0.3) is 0 Å². The molecule has 2 aromatic rings. The molecule has 2 aliphatic rings. The van der Waals surface area contributed by atoms with Gasteiger partial charge in [-0.15, -0.1) is 0 Å². The molecular formula is C25H30ClN3O3. The minimum atomic E-state index is -0.529. The number of carbonyl (C=O) groups excluding carboxylic acids is 2. The second kappa shape index (κ2) is 10.8. The van der Waals surface area contributed by atoms with Crippen molar-refractivity contribution >= 4 is 23.4 Å². The Labute approximate surface area is 194 Å². The summed E-state index contributed by atoms with van der Waals surface area (Å²) in [7, 11) is 0. The predicted octanol–water partition coefficient (Wildman–Crippen LogP) is 3.62. The molecule has 0 saturated carbocycles. The average molecular weight is 456 g/mol. The van der Waals surface area contributed by atoms with Gasteiger partial charge in [0.15, 0.2) is 0 Å². The highest BCUT2D eigenvalue weighted by atomic mass is 35.5. The van der Waals surface area contributed by atoms with Gasteiger partial charge in [0.1, 0.15) is 18.4 Å². The number of likely N-dealkylation sites (tertiary alicyclic amines) is 1. The number of piperidine rings is 1. The standard InChI is InChI=1S/C25H30ClN3O3/c26-21-10-4-5-11-22(21)32-19-18-27-14-16-28(17-15-27)25(31)24(20-8-2-1-3-9-20)29-13-7-6-12-23(29)30/h1-5,8-11,24H,6-7,12-19H2. The second-order valence-electron chi connectivity index (χ2n) is 8.30. The number of halogens is 1. The van der Waals surface area contributed by atoms with Gasteiger partial charge in [-0.1, -0.05) is 54.1 Å². The molecule has 0 aromatic heterocycles. The minimum absolute atomic E-state index is 0.0263. The van der Waals surface area contributed by atoms with E-state index in [0.717, 1.165) is 38.0 Å². The van der Waals surface area contributed by atoms with Crippen LogP contribution >= 0.6 is 11.6 Å². The highest BCUT2D eigenvalue weighted by molar-refractivity contribution is 6.32. The van der Waals surface area contributed by atoms with Crippen LogP contribution in [0.5, 0.6) is 5.75 Å². The molecule has 2 amide bonds. The Kier molecular flexibility index (Phi) is 7.66. The number of hydrogen-bond donors (Lipinski definition) is 0. The van der Waals surface area contributed by atoms with Crippen molar-refractivity contribution in [2.75, 3.05) is 45.9 Å². The molecule has 170 valence electrons. The molecular weight excluding hydrogens is 426 g/mol. The summed E-state index contributed by atoms with van der Waals surface area (Å²) in [6, 6.07) is 16.6. The van der Waals surface area contributed by atoms with Crippen LogP contribution < -0.4 is 4.74 Å². The maximum Gasteiger partial charge on any atom is 0.250 e. The first-order valence-electron chi connectivity index (χ1n) is 11.4. The Bertz CT molecular complexity index is 916. The van der Waals surface area contributed by atoms with Crippen LogP contribution in [-0.4, -0.2) is 72.4 Å². The fourth-order valence-electron chi connectivity index (χ4n) is 4.40. The highest BCUT2D eigenvalue weighted by Gasteiger charge is 2.36. The summed E-state index contributed by atoms with van der Waals surface area (Å²) in [4.78, 5) is 32.2. The van der Waals surface area contributed by atoms with E-state index in [-0.39, 0.29) is 11.8 Å². The van der Waals surface area contributed by atoms with Crippen molar-refractivity contribution < 1.29 is 14.3 Å². The van der Waals surface area contributed by atoms with Crippen LogP contribution in [0.1, 0.15) is 30.9 Å². The van der Waals surface area contributed by atoms with Crippen molar-refractivity contribution in [1.82, 2.24) is 14.7 Å². The summed E-state index contributed by atoms with van der Waals surface area (Å²) in [5, 5.41) is 0.613. The van der Waals surface area contributed by atoms with Gasteiger partial charge in [0.05, 0.1) is 5.02 Å². The van der Waals surface area contributed by atoms with Crippen LogP contribution in [0.2, 0.25) is 5.02 Å². The third-order valence-electron chi connectivity index (χ3n) is 6.21. The van der Waals surface area contributed by atoms with Crippen LogP contribution in [0.3, 0.4) is 0 Å². The molecule has 4 rings (SSSR count). The number of benzene rings is 2. The lowest BCUT2D eigenvalue weighted by Crippen LogP contribution is -2.53. The van der Waals surface area contributed by atoms with Crippen molar-refractivity contribution in [2.45, 2.75) is 25.3 Å². The minimum Gasteiger partial charge on any atom is -0.491 e. The van der Waals surface area contributed by atoms with Crippen molar-refractivity contribution in [3.8, 4) is 5.75 Å². The molecule has 1 unspecified atom stereocenters. The molecule has 2 saturated heterocycles. The first kappa shape index (κ1) is 22.6. The summed E-state index contributed by atoms with van der Waals surface area (Å²) >= 11 is 6.14. The first-order chi connectivity index (χ1) is 15.6. The SMILES string of the molecule is O=C(C(c1ccccc1)N1CCCCC1=O)N1CCN(CCOc2ccccc2Cl)CC1. The molecule has 0 spiro atoms. The fourth-order valence-corrected chi connectivity index (χ4v) is 4.59. The van der Waals surface area contributed by atoms with Gasteiger partial charge in [-0.25, -0.2) is 0 Å². The Morgan fingerprint density at radius 2 is 1.66 bits per heavy atom. The Morgan fingerprint density at radius 1 is 0.938 bits per heavy atom. The molecule has 0 radical (unpaired) electrons. The largest absolute Gasteiger partial charge is 0.491 e. The topological polar surface area (TPSA) is 53.1 Å². The maximum absolute atomic E-state index is 13.6. The van der Waals surface area contributed by atoms with Gasteiger partial charge < -0.3 is 14.5 Å². The van der Waals surface area contributed by atoms with Crippen LogP contribution in [0.15, 0.2) is 54.6 Å². The van der Waals surface area contributed by atoms with Crippen molar-refractivity contribution in [2.24, 2.45) is 0 Å². The summed E-state index contributed by atoms with van der Waals surface area (Å²) in [5.74, 6) is 0.798. The summed E-state index contributed by atoms with van der Waals surface area (Å²) in [6.07, 6.45) is 2.37. The average Bonchev–Trinajstić information content (AvgIpc) is 2.83. The summed E-state index contributed by atoms with van der Waals surface area (Å²) < 4.78 is 5.80. The number of nitrogens with zero attached hydrogens (tertiary/aromatic N) is 3. The molecule has 2 aromatic carbocycles. The third-order valence-corrected chi connectivity index (χ3v) is 6.52. The summed E-state index contributed by atoms with van der Waals surface area (Å²) in [6.45, 7) is 4.84. The van der Waals surface area contributed by atoms with Crippen molar-refractivity contribution in [3.63, 3.8) is 0 Å². The number of para-hydroxylation sites is 1. The van der Waals surface area contributed by atoms with E-state index in [2.05, 4.69) is 4.90 Å². The van der Waals surface area contributed by atoms with Gasteiger partial charge in [-0.2, -0.15) is 0 Å². The number of rotatable bonds is 7. The zero-order valence-electron chi connectivity index (χ0n) is 18.3. The lowest BCUT2D eigenvalue weighted by atomic mass is 9.99. The first-order valence-corrected chi connectivity index (χ1v) is 11.7. The van der Waals surface area contributed by atoms with E-state index < -0.39 is 6.04 Å². The highest BCUT2D eigenvalue weighted by Crippen LogP contribution is 2.28. The molecule has 2 aliphatic heterocycles. The van der Waals surface area contributed by atoms with Crippen LogP contribution in [-0.2, 0) is 9.59 Å². The predicted molar refractivity (Wildman–Crippen MR) is 125 cm³/mol. The summed E-state index contributed by atoms with van der Waals surface area (Å²) in [5.41, 5.74) is 0.892. The zero-order chi connectivity index (χ0) is 22.3. The number of ether oxygens (including phenoxy) is 1. The number of carbonyl (C=O) groups is 2. The molecule has 2 fully saturated rings.